The molecule has 0 aromatic heterocycles. The number of hydrogen-bond acceptors (Lipinski definition) is 1. The van der Waals surface area contributed by atoms with Crippen molar-refractivity contribution in [3.63, 3.8) is 0 Å². The molecule has 1 aliphatic carbocycles. The number of nitrogens with one attached hydrogen (secondary N) is 1. The molecule has 1 amide bonds. The molecule has 2 nitrogen and oxygen atoms in total. The second-order valence-corrected chi connectivity index (χ2v) is 6.71. The molecule has 0 spiro atoms. The van der Waals surface area contributed by atoms with E-state index in [9.17, 15) is 4.79 Å². The molecule has 0 aliphatic heterocycles. The normalized spacial score (nSPS) is 16.7. The Morgan fingerprint density at radius 1 is 1.44 bits per heavy atom. The Morgan fingerprint density at radius 2 is 2.11 bits per heavy atom. The van der Waals surface area contributed by atoms with Crippen molar-refractivity contribution in [2.45, 2.75) is 33.6 Å². The lowest BCUT2D eigenvalue weighted by Gasteiger charge is -2.20. The van der Waals surface area contributed by atoms with E-state index in [4.69, 9.17) is 0 Å². The Morgan fingerprint density at radius 3 is 2.67 bits per heavy atom. The fourth-order valence-electron chi connectivity index (χ4n) is 2.29. The Balaban J connectivity index is 2.03. The van der Waals surface area contributed by atoms with Crippen molar-refractivity contribution in [3.05, 3.63) is 32.9 Å². The van der Waals surface area contributed by atoms with E-state index in [2.05, 4.69) is 41.8 Å². The largest absolute Gasteiger partial charge is 0.351 e. The number of hydrogen-bond donors (Lipinski definition) is 1. The molecule has 3 heteroatoms. The summed E-state index contributed by atoms with van der Waals surface area (Å²) in [4.78, 5) is 12.2. The van der Waals surface area contributed by atoms with Crippen LogP contribution in [0.1, 0.15) is 42.6 Å². The number of rotatable bonds is 4. The molecule has 1 aliphatic rings. The Labute approximate surface area is 123 Å². The molecule has 0 saturated heterocycles. The molecular weight excluding hydrogens is 337 g/mol. The SMILES string of the molecule is Cc1cccc(C(=O)NCC2(C(C)C)CC2)c1I. The fourth-order valence-corrected chi connectivity index (χ4v) is 2.90. The highest BCUT2D eigenvalue weighted by atomic mass is 127. The lowest BCUT2D eigenvalue weighted by Crippen LogP contribution is -2.33. The first-order valence-electron chi connectivity index (χ1n) is 6.49. The molecule has 1 aromatic rings. The molecule has 0 radical (unpaired) electrons. The number of aryl methyl sites for hydroxylation is 1. The van der Waals surface area contributed by atoms with Gasteiger partial charge in [-0.05, 0) is 65.3 Å². The summed E-state index contributed by atoms with van der Waals surface area (Å²) in [6.45, 7) is 7.34. The minimum Gasteiger partial charge on any atom is -0.351 e. The Kier molecular flexibility index (Phi) is 3.99. The van der Waals surface area contributed by atoms with Gasteiger partial charge < -0.3 is 5.32 Å². The molecule has 2 rings (SSSR count). The van der Waals surface area contributed by atoms with Crippen LogP contribution in [0.3, 0.4) is 0 Å². The van der Waals surface area contributed by atoms with Crippen LogP contribution in [0.15, 0.2) is 18.2 Å². The van der Waals surface area contributed by atoms with E-state index in [1.807, 2.05) is 25.1 Å². The molecule has 1 aromatic carbocycles. The highest BCUT2D eigenvalue weighted by Gasteiger charge is 2.45. The maximum Gasteiger partial charge on any atom is 0.252 e. The predicted octanol–water partition coefficient (Wildman–Crippen LogP) is 3.77. The monoisotopic (exact) mass is 357 g/mol. The van der Waals surface area contributed by atoms with Crippen LogP contribution >= 0.6 is 22.6 Å². The maximum absolute atomic E-state index is 12.2. The minimum absolute atomic E-state index is 0.0648. The van der Waals surface area contributed by atoms with Crippen molar-refractivity contribution in [2.24, 2.45) is 11.3 Å². The highest BCUT2D eigenvalue weighted by molar-refractivity contribution is 14.1. The first-order chi connectivity index (χ1) is 8.46. The maximum atomic E-state index is 12.2. The van der Waals surface area contributed by atoms with Crippen LogP contribution in [-0.4, -0.2) is 12.5 Å². The zero-order valence-corrected chi connectivity index (χ0v) is 13.4. The van der Waals surface area contributed by atoms with Gasteiger partial charge in [0.1, 0.15) is 0 Å². The number of carbonyl (C=O) groups excluding carboxylic acids is 1. The van der Waals surface area contributed by atoms with Crippen molar-refractivity contribution in [2.75, 3.05) is 6.54 Å². The van der Waals surface area contributed by atoms with Gasteiger partial charge in [0.15, 0.2) is 0 Å². The third-order valence-corrected chi connectivity index (χ3v) is 5.59. The fraction of sp³-hybridized carbons (Fsp3) is 0.533. The van der Waals surface area contributed by atoms with Crippen LogP contribution in [0.5, 0.6) is 0 Å². The second kappa shape index (κ2) is 5.19. The number of halogens is 1. The van der Waals surface area contributed by atoms with Gasteiger partial charge >= 0.3 is 0 Å². The van der Waals surface area contributed by atoms with Crippen molar-refractivity contribution in [1.82, 2.24) is 5.32 Å². The molecule has 18 heavy (non-hydrogen) atoms. The van der Waals surface area contributed by atoms with Gasteiger partial charge in [0.25, 0.3) is 5.91 Å². The Hall–Kier alpha value is -0.580. The third kappa shape index (κ3) is 2.71. The van der Waals surface area contributed by atoms with Crippen molar-refractivity contribution in [1.29, 1.82) is 0 Å². The van der Waals surface area contributed by atoms with E-state index in [-0.39, 0.29) is 5.91 Å². The highest BCUT2D eigenvalue weighted by Crippen LogP contribution is 2.51. The lowest BCUT2D eigenvalue weighted by atomic mass is 9.92. The van der Waals surface area contributed by atoms with Crippen LogP contribution < -0.4 is 5.32 Å². The predicted molar refractivity (Wildman–Crippen MR) is 82.7 cm³/mol. The Bertz CT molecular complexity index is 464. The first-order valence-corrected chi connectivity index (χ1v) is 7.57. The van der Waals surface area contributed by atoms with Crippen LogP contribution in [-0.2, 0) is 0 Å². The van der Waals surface area contributed by atoms with Gasteiger partial charge in [-0.15, -0.1) is 0 Å². The molecule has 0 heterocycles. The van der Waals surface area contributed by atoms with Gasteiger partial charge in [0.05, 0.1) is 5.56 Å². The first kappa shape index (κ1) is 13.8. The zero-order valence-electron chi connectivity index (χ0n) is 11.2. The third-order valence-electron chi connectivity index (χ3n) is 4.15. The molecule has 98 valence electrons. The van der Waals surface area contributed by atoms with E-state index in [1.54, 1.807) is 0 Å². The van der Waals surface area contributed by atoms with Crippen molar-refractivity contribution < 1.29 is 4.79 Å². The van der Waals surface area contributed by atoms with Crippen LogP contribution in [0.4, 0.5) is 0 Å². The summed E-state index contributed by atoms with van der Waals surface area (Å²) >= 11 is 2.25. The van der Waals surface area contributed by atoms with E-state index in [0.717, 1.165) is 21.2 Å². The molecular formula is C15H20INO. The number of amides is 1. The molecule has 0 bridgehead atoms. The summed E-state index contributed by atoms with van der Waals surface area (Å²) in [6.07, 6.45) is 2.49. The van der Waals surface area contributed by atoms with Crippen LogP contribution in [0, 0.1) is 21.8 Å². The van der Waals surface area contributed by atoms with Crippen LogP contribution in [0.2, 0.25) is 0 Å². The smallest absolute Gasteiger partial charge is 0.252 e. The van der Waals surface area contributed by atoms with Crippen LogP contribution in [0.25, 0.3) is 0 Å². The summed E-state index contributed by atoms with van der Waals surface area (Å²) in [5.41, 5.74) is 2.33. The summed E-state index contributed by atoms with van der Waals surface area (Å²) in [5.74, 6) is 0.712. The summed E-state index contributed by atoms with van der Waals surface area (Å²) < 4.78 is 1.06. The van der Waals surface area contributed by atoms with Crippen molar-refractivity contribution >= 4 is 28.5 Å². The quantitative estimate of drug-likeness (QED) is 0.817. The topological polar surface area (TPSA) is 29.1 Å². The average Bonchev–Trinajstić information content (AvgIpc) is 3.11. The van der Waals surface area contributed by atoms with Gasteiger partial charge in [0.2, 0.25) is 0 Å². The minimum atomic E-state index is 0.0648. The van der Waals surface area contributed by atoms with E-state index < -0.39 is 0 Å². The van der Waals surface area contributed by atoms with Crippen molar-refractivity contribution in [3.8, 4) is 0 Å². The van der Waals surface area contributed by atoms with Gasteiger partial charge in [-0.1, -0.05) is 26.0 Å². The van der Waals surface area contributed by atoms with E-state index in [0.29, 0.717) is 11.3 Å². The van der Waals surface area contributed by atoms with Gasteiger partial charge in [-0.2, -0.15) is 0 Å². The second-order valence-electron chi connectivity index (χ2n) is 5.64. The molecule has 0 atom stereocenters. The standard InChI is InChI=1S/C15H20INO/c1-10(2)15(7-8-15)9-17-14(18)12-6-4-5-11(3)13(12)16/h4-6,10H,7-9H2,1-3H3,(H,17,18). The summed E-state index contributed by atoms with van der Waals surface area (Å²) in [6, 6.07) is 5.88. The average molecular weight is 357 g/mol. The molecule has 1 saturated carbocycles. The molecule has 0 unspecified atom stereocenters. The van der Waals surface area contributed by atoms with Gasteiger partial charge in [-0.25, -0.2) is 0 Å². The molecule has 1 N–H and O–H groups in total. The summed E-state index contributed by atoms with van der Waals surface area (Å²) in [5, 5.41) is 3.11. The lowest BCUT2D eigenvalue weighted by molar-refractivity contribution is 0.0939. The summed E-state index contributed by atoms with van der Waals surface area (Å²) in [7, 11) is 0. The number of carbonyl (C=O) groups is 1. The molecule has 1 fully saturated rings. The number of benzene rings is 1. The van der Waals surface area contributed by atoms with E-state index >= 15 is 0 Å². The van der Waals surface area contributed by atoms with Gasteiger partial charge in [0, 0.05) is 10.1 Å². The van der Waals surface area contributed by atoms with E-state index in [1.165, 1.54) is 12.8 Å². The zero-order chi connectivity index (χ0) is 13.3. The van der Waals surface area contributed by atoms with Gasteiger partial charge in [-0.3, -0.25) is 4.79 Å².